The van der Waals surface area contributed by atoms with Crippen LogP contribution in [0.25, 0.3) is 0 Å². The number of hydrogen-bond donors (Lipinski definition) is 0. The lowest BCUT2D eigenvalue weighted by atomic mass is 10.1. The molecule has 0 spiro atoms. The Hall–Kier alpha value is -0.370. The number of carbonyl (C=O) groups excluding carboxylic acids is 1. The van der Waals surface area contributed by atoms with Crippen LogP contribution >= 0.6 is 0 Å². The molecule has 0 N–H and O–H groups in total. The quantitative estimate of drug-likeness (QED) is 0.557. The molecule has 0 saturated carbocycles. The summed E-state index contributed by atoms with van der Waals surface area (Å²) in [5.74, 6) is 0.286. The van der Waals surface area contributed by atoms with Crippen LogP contribution in [0.3, 0.4) is 0 Å². The van der Waals surface area contributed by atoms with Gasteiger partial charge in [-0.25, -0.2) is 0 Å². The van der Waals surface area contributed by atoms with Gasteiger partial charge in [0.15, 0.2) is 5.78 Å². The maximum absolute atomic E-state index is 11.0. The molecule has 1 aliphatic rings. The van der Waals surface area contributed by atoms with Crippen molar-refractivity contribution in [1.29, 1.82) is 0 Å². The van der Waals surface area contributed by atoms with E-state index in [2.05, 4.69) is 6.92 Å². The van der Waals surface area contributed by atoms with Crippen LogP contribution in [0.2, 0.25) is 0 Å². The molecule has 0 radical (unpaired) electrons. The standard InChI is InChI=1S/C8H14O2/c1-3-4-5-7(9)8-6(2)10-8/h6,8H,3-5H2,1-2H3/t6-,8+/m1/s1. The molecular formula is C8H14O2. The topological polar surface area (TPSA) is 29.6 Å². The van der Waals surface area contributed by atoms with Crippen LogP contribution in [0.1, 0.15) is 33.1 Å². The zero-order chi connectivity index (χ0) is 7.56. The minimum Gasteiger partial charge on any atom is -0.362 e. The van der Waals surface area contributed by atoms with Crippen LogP contribution in [0.4, 0.5) is 0 Å². The van der Waals surface area contributed by atoms with Crippen LogP contribution in [0.15, 0.2) is 0 Å². The second-order valence-electron chi connectivity index (χ2n) is 2.83. The van der Waals surface area contributed by atoms with Crippen molar-refractivity contribution in [3.63, 3.8) is 0 Å². The summed E-state index contributed by atoms with van der Waals surface area (Å²) in [5.41, 5.74) is 0. The Balaban J connectivity index is 2.11. The minimum absolute atomic E-state index is 0.0495. The van der Waals surface area contributed by atoms with Crippen molar-refractivity contribution >= 4 is 5.78 Å². The van der Waals surface area contributed by atoms with E-state index in [9.17, 15) is 4.79 Å². The first-order chi connectivity index (χ1) is 4.75. The van der Waals surface area contributed by atoms with E-state index in [1.807, 2.05) is 6.92 Å². The Kier molecular flexibility index (Phi) is 2.44. The highest BCUT2D eigenvalue weighted by Gasteiger charge is 2.39. The summed E-state index contributed by atoms with van der Waals surface area (Å²) in [5, 5.41) is 0. The van der Waals surface area contributed by atoms with Gasteiger partial charge in [0.05, 0.1) is 6.10 Å². The fourth-order valence-corrected chi connectivity index (χ4v) is 1.02. The smallest absolute Gasteiger partial charge is 0.164 e. The van der Waals surface area contributed by atoms with Crippen molar-refractivity contribution in [3.8, 4) is 0 Å². The van der Waals surface area contributed by atoms with E-state index >= 15 is 0 Å². The zero-order valence-corrected chi connectivity index (χ0v) is 6.59. The first-order valence-corrected chi connectivity index (χ1v) is 3.94. The van der Waals surface area contributed by atoms with Gasteiger partial charge >= 0.3 is 0 Å². The normalized spacial score (nSPS) is 30.2. The first-order valence-electron chi connectivity index (χ1n) is 3.94. The number of Topliss-reactive ketones (excluding diaryl/α,β-unsaturated/α-hetero) is 1. The summed E-state index contributed by atoms with van der Waals surface area (Å²) in [6.45, 7) is 4.03. The number of ether oxygens (including phenoxy) is 1. The van der Waals surface area contributed by atoms with Gasteiger partial charge in [-0.15, -0.1) is 0 Å². The lowest BCUT2D eigenvalue weighted by molar-refractivity contribution is -0.120. The van der Waals surface area contributed by atoms with Gasteiger partial charge < -0.3 is 4.74 Å². The van der Waals surface area contributed by atoms with E-state index in [0.29, 0.717) is 6.42 Å². The van der Waals surface area contributed by atoms with Gasteiger partial charge in [-0.2, -0.15) is 0 Å². The predicted molar refractivity (Wildman–Crippen MR) is 38.9 cm³/mol. The van der Waals surface area contributed by atoms with Crippen molar-refractivity contribution in [2.75, 3.05) is 0 Å². The Morgan fingerprint density at radius 3 is 2.60 bits per heavy atom. The lowest BCUT2D eigenvalue weighted by Gasteiger charge is -1.91. The molecule has 0 unspecified atom stereocenters. The summed E-state index contributed by atoms with van der Waals surface area (Å²) in [4.78, 5) is 11.0. The summed E-state index contributed by atoms with van der Waals surface area (Å²) in [6.07, 6.45) is 2.94. The molecule has 1 rings (SSSR count). The third-order valence-electron chi connectivity index (χ3n) is 1.81. The molecule has 1 heterocycles. The van der Waals surface area contributed by atoms with Gasteiger partial charge in [-0.05, 0) is 13.3 Å². The van der Waals surface area contributed by atoms with Crippen LogP contribution < -0.4 is 0 Å². The van der Waals surface area contributed by atoms with Crippen molar-refractivity contribution in [3.05, 3.63) is 0 Å². The molecule has 1 fully saturated rings. The van der Waals surface area contributed by atoms with Crippen molar-refractivity contribution < 1.29 is 9.53 Å². The molecule has 10 heavy (non-hydrogen) atoms. The average molecular weight is 142 g/mol. The molecule has 1 aliphatic heterocycles. The van der Waals surface area contributed by atoms with Crippen LogP contribution in [0.5, 0.6) is 0 Å². The highest BCUT2D eigenvalue weighted by atomic mass is 16.6. The Morgan fingerprint density at radius 1 is 1.60 bits per heavy atom. The monoisotopic (exact) mass is 142 g/mol. The van der Waals surface area contributed by atoms with Gasteiger partial charge in [0.2, 0.25) is 0 Å². The molecule has 1 saturated heterocycles. The molecule has 0 aromatic rings. The van der Waals surface area contributed by atoms with E-state index in [0.717, 1.165) is 12.8 Å². The van der Waals surface area contributed by atoms with Crippen molar-refractivity contribution in [2.45, 2.75) is 45.3 Å². The molecule has 2 atom stereocenters. The molecule has 0 aliphatic carbocycles. The van der Waals surface area contributed by atoms with Crippen LogP contribution in [-0.2, 0) is 9.53 Å². The summed E-state index contributed by atoms with van der Waals surface area (Å²) >= 11 is 0. The number of carbonyl (C=O) groups is 1. The molecular weight excluding hydrogens is 128 g/mol. The van der Waals surface area contributed by atoms with Gasteiger partial charge in [0.25, 0.3) is 0 Å². The van der Waals surface area contributed by atoms with Crippen molar-refractivity contribution in [1.82, 2.24) is 0 Å². The van der Waals surface area contributed by atoms with Gasteiger partial charge in [-0.3, -0.25) is 4.79 Å². The first kappa shape index (κ1) is 7.73. The molecule has 0 bridgehead atoms. The molecule has 0 amide bonds. The fourth-order valence-electron chi connectivity index (χ4n) is 1.02. The second-order valence-corrected chi connectivity index (χ2v) is 2.83. The molecule has 0 aromatic carbocycles. The lowest BCUT2D eigenvalue weighted by Crippen LogP contribution is -2.07. The molecule has 58 valence electrons. The molecule has 0 aromatic heterocycles. The van der Waals surface area contributed by atoms with E-state index in [-0.39, 0.29) is 18.0 Å². The number of ketones is 1. The number of rotatable bonds is 4. The average Bonchev–Trinajstić information content (AvgIpc) is 2.62. The third kappa shape index (κ3) is 1.81. The second kappa shape index (κ2) is 3.15. The number of unbranched alkanes of at least 4 members (excludes halogenated alkanes) is 1. The summed E-state index contributed by atoms with van der Waals surface area (Å²) in [7, 11) is 0. The maximum atomic E-state index is 11.0. The Labute approximate surface area is 61.6 Å². The third-order valence-corrected chi connectivity index (χ3v) is 1.81. The highest BCUT2D eigenvalue weighted by Crippen LogP contribution is 2.23. The Morgan fingerprint density at radius 2 is 2.20 bits per heavy atom. The summed E-state index contributed by atoms with van der Waals surface area (Å²) in [6, 6.07) is 0. The van der Waals surface area contributed by atoms with Gasteiger partial charge in [0.1, 0.15) is 6.10 Å². The van der Waals surface area contributed by atoms with E-state index in [4.69, 9.17) is 4.74 Å². The number of epoxide rings is 1. The van der Waals surface area contributed by atoms with E-state index in [1.54, 1.807) is 0 Å². The van der Waals surface area contributed by atoms with Crippen LogP contribution in [0, 0.1) is 0 Å². The number of hydrogen-bond acceptors (Lipinski definition) is 2. The molecule has 2 heteroatoms. The predicted octanol–water partition coefficient (Wildman–Crippen LogP) is 1.53. The van der Waals surface area contributed by atoms with E-state index in [1.165, 1.54) is 0 Å². The molecule has 2 nitrogen and oxygen atoms in total. The highest BCUT2D eigenvalue weighted by molar-refractivity contribution is 5.85. The minimum atomic E-state index is -0.0495. The SMILES string of the molecule is CCCCC(=O)[C@H]1O[C@@H]1C. The van der Waals surface area contributed by atoms with Gasteiger partial charge in [-0.1, -0.05) is 13.3 Å². The maximum Gasteiger partial charge on any atom is 0.164 e. The zero-order valence-electron chi connectivity index (χ0n) is 6.59. The van der Waals surface area contributed by atoms with Crippen molar-refractivity contribution in [2.24, 2.45) is 0 Å². The fraction of sp³-hybridized carbons (Fsp3) is 0.875. The summed E-state index contributed by atoms with van der Waals surface area (Å²) < 4.78 is 5.03. The van der Waals surface area contributed by atoms with E-state index < -0.39 is 0 Å². The largest absolute Gasteiger partial charge is 0.362 e. The van der Waals surface area contributed by atoms with Crippen LogP contribution in [-0.4, -0.2) is 18.0 Å². The van der Waals surface area contributed by atoms with Gasteiger partial charge in [0, 0.05) is 6.42 Å². The Bertz CT molecular complexity index is 131.